The summed E-state index contributed by atoms with van der Waals surface area (Å²) >= 11 is 0. The lowest BCUT2D eigenvalue weighted by molar-refractivity contribution is 0.129. The first-order valence-electron chi connectivity index (χ1n) is 7.77. The molecule has 2 aliphatic carbocycles. The van der Waals surface area contributed by atoms with Crippen molar-refractivity contribution in [2.75, 3.05) is 26.2 Å². The van der Waals surface area contributed by atoms with Gasteiger partial charge in [0.2, 0.25) is 0 Å². The maximum absolute atomic E-state index is 5.70. The average Bonchev–Trinajstić information content (AvgIpc) is 2.92. The smallest absolute Gasteiger partial charge is 0.00125 e. The van der Waals surface area contributed by atoms with Gasteiger partial charge in [-0.1, -0.05) is 6.42 Å². The van der Waals surface area contributed by atoms with Gasteiger partial charge in [0.05, 0.1) is 0 Å². The Balaban J connectivity index is 1.48. The van der Waals surface area contributed by atoms with Crippen LogP contribution in [-0.4, -0.2) is 31.1 Å². The Morgan fingerprint density at radius 3 is 2.76 bits per heavy atom. The van der Waals surface area contributed by atoms with Crippen LogP contribution in [0.2, 0.25) is 0 Å². The number of rotatable bonds is 4. The molecule has 2 bridgehead atoms. The van der Waals surface area contributed by atoms with Gasteiger partial charge >= 0.3 is 0 Å². The molecule has 0 aromatic rings. The molecule has 0 spiro atoms. The Hall–Kier alpha value is -0.0800. The van der Waals surface area contributed by atoms with Crippen molar-refractivity contribution in [2.24, 2.45) is 29.4 Å². The number of nitrogens with zero attached hydrogens (tertiary/aromatic N) is 1. The molecule has 2 N–H and O–H groups in total. The zero-order valence-corrected chi connectivity index (χ0v) is 11.1. The topological polar surface area (TPSA) is 29.3 Å². The monoisotopic (exact) mass is 236 g/mol. The van der Waals surface area contributed by atoms with Gasteiger partial charge in [-0.25, -0.2) is 0 Å². The van der Waals surface area contributed by atoms with E-state index < -0.39 is 0 Å². The fourth-order valence-electron chi connectivity index (χ4n) is 4.72. The van der Waals surface area contributed by atoms with Gasteiger partial charge in [-0.15, -0.1) is 0 Å². The highest BCUT2D eigenvalue weighted by molar-refractivity contribution is 4.91. The molecule has 2 saturated carbocycles. The lowest BCUT2D eigenvalue weighted by Gasteiger charge is -2.36. The van der Waals surface area contributed by atoms with E-state index in [1.165, 1.54) is 51.7 Å². The van der Waals surface area contributed by atoms with Crippen LogP contribution < -0.4 is 5.73 Å². The molecule has 0 radical (unpaired) electrons. The third kappa shape index (κ3) is 2.68. The molecule has 0 aromatic carbocycles. The number of nitrogens with two attached hydrogens (primary N) is 1. The fourth-order valence-corrected chi connectivity index (χ4v) is 4.72. The van der Waals surface area contributed by atoms with Gasteiger partial charge in [-0.05, 0) is 75.3 Å². The fraction of sp³-hybridized carbons (Fsp3) is 1.00. The zero-order valence-electron chi connectivity index (χ0n) is 11.1. The zero-order chi connectivity index (χ0) is 11.7. The number of hydrogen-bond acceptors (Lipinski definition) is 2. The van der Waals surface area contributed by atoms with Crippen LogP contribution in [0.25, 0.3) is 0 Å². The van der Waals surface area contributed by atoms with Crippen molar-refractivity contribution in [1.82, 2.24) is 4.90 Å². The second-order valence-corrected chi connectivity index (χ2v) is 6.78. The molecule has 0 aromatic heterocycles. The van der Waals surface area contributed by atoms with Gasteiger partial charge in [0.1, 0.15) is 0 Å². The summed E-state index contributed by atoms with van der Waals surface area (Å²) in [6, 6.07) is 0. The highest BCUT2D eigenvalue weighted by Crippen LogP contribution is 2.48. The Labute approximate surface area is 106 Å². The standard InChI is InChI=1S/C15H28N2/c16-6-5-12-2-1-7-17(10-12)11-15-9-13-3-4-14(15)8-13/h12-15H,1-11,16H2. The van der Waals surface area contributed by atoms with Crippen LogP contribution in [0.5, 0.6) is 0 Å². The first kappa shape index (κ1) is 12.0. The summed E-state index contributed by atoms with van der Waals surface area (Å²) in [6.45, 7) is 4.98. The van der Waals surface area contributed by atoms with E-state index >= 15 is 0 Å². The predicted octanol–water partition coefficient (Wildman–Crippen LogP) is 2.48. The Kier molecular flexibility index (Phi) is 3.72. The van der Waals surface area contributed by atoms with Crippen molar-refractivity contribution >= 4 is 0 Å². The summed E-state index contributed by atoms with van der Waals surface area (Å²) < 4.78 is 0. The highest BCUT2D eigenvalue weighted by Gasteiger charge is 2.40. The van der Waals surface area contributed by atoms with E-state index in [9.17, 15) is 0 Å². The molecule has 3 rings (SSSR count). The lowest BCUT2D eigenvalue weighted by atomic mass is 9.87. The van der Waals surface area contributed by atoms with Gasteiger partial charge in [0.25, 0.3) is 0 Å². The van der Waals surface area contributed by atoms with Crippen molar-refractivity contribution < 1.29 is 0 Å². The minimum Gasteiger partial charge on any atom is -0.330 e. The molecule has 4 atom stereocenters. The van der Waals surface area contributed by atoms with Crippen LogP contribution in [0.4, 0.5) is 0 Å². The number of fused-ring (bicyclic) bond motifs is 2. The van der Waals surface area contributed by atoms with Gasteiger partial charge in [0.15, 0.2) is 0 Å². The van der Waals surface area contributed by atoms with E-state index in [4.69, 9.17) is 5.73 Å². The van der Waals surface area contributed by atoms with Crippen LogP contribution in [-0.2, 0) is 0 Å². The van der Waals surface area contributed by atoms with Crippen LogP contribution in [0.1, 0.15) is 44.9 Å². The largest absolute Gasteiger partial charge is 0.330 e. The predicted molar refractivity (Wildman–Crippen MR) is 71.8 cm³/mol. The molecule has 2 heteroatoms. The van der Waals surface area contributed by atoms with Crippen molar-refractivity contribution in [1.29, 1.82) is 0 Å². The summed E-state index contributed by atoms with van der Waals surface area (Å²) in [4.78, 5) is 2.76. The van der Waals surface area contributed by atoms with Gasteiger partial charge in [0, 0.05) is 13.1 Å². The molecule has 1 aliphatic heterocycles. The van der Waals surface area contributed by atoms with E-state index in [-0.39, 0.29) is 0 Å². The van der Waals surface area contributed by atoms with Crippen molar-refractivity contribution in [3.05, 3.63) is 0 Å². The molecule has 2 nitrogen and oxygen atoms in total. The van der Waals surface area contributed by atoms with Crippen molar-refractivity contribution in [2.45, 2.75) is 44.9 Å². The van der Waals surface area contributed by atoms with Gasteiger partial charge < -0.3 is 10.6 Å². The summed E-state index contributed by atoms with van der Waals surface area (Å²) in [5, 5.41) is 0. The van der Waals surface area contributed by atoms with Gasteiger partial charge in [-0.2, -0.15) is 0 Å². The van der Waals surface area contributed by atoms with Crippen LogP contribution >= 0.6 is 0 Å². The van der Waals surface area contributed by atoms with E-state index in [0.717, 1.165) is 30.2 Å². The molecule has 98 valence electrons. The Morgan fingerprint density at radius 2 is 2.06 bits per heavy atom. The van der Waals surface area contributed by atoms with Crippen LogP contribution in [0, 0.1) is 23.7 Å². The van der Waals surface area contributed by atoms with Crippen LogP contribution in [0.15, 0.2) is 0 Å². The third-order valence-corrected chi connectivity index (χ3v) is 5.56. The molecule has 3 fully saturated rings. The Bertz CT molecular complexity index is 251. The van der Waals surface area contributed by atoms with Crippen molar-refractivity contribution in [3.63, 3.8) is 0 Å². The van der Waals surface area contributed by atoms with E-state index in [2.05, 4.69) is 4.90 Å². The van der Waals surface area contributed by atoms with E-state index in [1.54, 1.807) is 12.8 Å². The second-order valence-electron chi connectivity index (χ2n) is 6.78. The summed E-state index contributed by atoms with van der Waals surface area (Å²) in [5.74, 6) is 4.14. The Morgan fingerprint density at radius 1 is 1.12 bits per heavy atom. The molecule has 17 heavy (non-hydrogen) atoms. The summed E-state index contributed by atoms with van der Waals surface area (Å²) in [7, 11) is 0. The quantitative estimate of drug-likeness (QED) is 0.812. The number of likely N-dealkylation sites (tertiary alicyclic amines) is 1. The third-order valence-electron chi connectivity index (χ3n) is 5.56. The molecular formula is C15H28N2. The molecule has 1 saturated heterocycles. The average molecular weight is 236 g/mol. The molecule has 3 aliphatic rings. The minimum atomic E-state index is 0.882. The minimum absolute atomic E-state index is 0.882. The maximum atomic E-state index is 5.70. The first-order chi connectivity index (χ1) is 8.35. The maximum Gasteiger partial charge on any atom is 0.00125 e. The molecule has 4 unspecified atom stereocenters. The summed E-state index contributed by atoms with van der Waals surface area (Å²) in [6.07, 6.45) is 10.3. The lowest BCUT2D eigenvalue weighted by Crippen LogP contribution is -2.40. The van der Waals surface area contributed by atoms with Crippen LogP contribution in [0.3, 0.4) is 0 Å². The van der Waals surface area contributed by atoms with Crippen molar-refractivity contribution in [3.8, 4) is 0 Å². The molecular weight excluding hydrogens is 208 g/mol. The van der Waals surface area contributed by atoms with Gasteiger partial charge in [-0.3, -0.25) is 0 Å². The molecule has 0 amide bonds. The number of hydrogen-bond donors (Lipinski definition) is 1. The van der Waals surface area contributed by atoms with E-state index in [1.807, 2.05) is 0 Å². The number of piperidine rings is 1. The SMILES string of the molecule is NCCC1CCCN(CC2CC3CCC2C3)C1. The van der Waals surface area contributed by atoms with E-state index in [0.29, 0.717) is 0 Å². The highest BCUT2D eigenvalue weighted by atomic mass is 15.1. The normalized spacial score (nSPS) is 42.2. The summed E-state index contributed by atoms with van der Waals surface area (Å²) in [5.41, 5.74) is 5.70. The molecule has 1 heterocycles. The first-order valence-corrected chi connectivity index (χ1v) is 7.77. The second kappa shape index (κ2) is 5.27.